The number of nitrogens with zero attached hydrogens (tertiary/aromatic N) is 1. The highest BCUT2D eigenvalue weighted by Gasteiger charge is 2.04. The lowest BCUT2D eigenvalue weighted by molar-refractivity contribution is 1.20. The molecule has 0 saturated carbocycles. The maximum absolute atomic E-state index is 2.23. The van der Waals surface area contributed by atoms with Crippen LogP contribution in [0.25, 0.3) is 16.6 Å². The molecule has 2 aromatic heterocycles. The molecule has 0 amide bonds. The summed E-state index contributed by atoms with van der Waals surface area (Å²) in [6.45, 7) is 4.30. The second kappa shape index (κ2) is 3.77. The molecule has 0 bridgehead atoms. The van der Waals surface area contributed by atoms with Crippen LogP contribution in [0.3, 0.4) is 0 Å². The number of aryl methyl sites for hydroxylation is 2. The van der Waals surface area contributed by atoms with Gasteiger partial charge in [-0.2, -0.15) is 0 Å². The summed E-state index contributed by atoms with van der Waals surface area (Å²) in [6, 6.07) is 15.1. The highest BCUT2D eigenvalue weighted by atomic mass is 14.8. The van der Waals surface area contributed by atoms with Crippen molar-refractivity contribution >= 4 is 5.52 Å². The molecule has 0 saturated heterocycles. The Hall–Kier alpha value is -2.02. The molecule has 17 heavy (non-hydrogen) atoms. The molecule has 0 fully saturated rings. The van der Waals surface area contributed by atoms with Crippen LogP contribution >= 0.6 is 0 Å². The van der Waals surface area contributed by atoms with Crippen LogP contribution in [-0.2, 0) is 0 Å². The molecule has 3 rings (SSSR count). The molecule has 3 aromatic rings. The Balaban J connectivity index is 2.20. The molecule has 0 atom stereocenters. The molecule has 0 aliphatic carbocycles. The fraction of sp³-hybridized carbons (Fsp3) is 0.125. The van der Waals surface area contributed by atoms with Crippen LogP contribution < -0.4 is 0 Å². The molecular weight excluding hydrogens is 206 g/mol. The van der Waals surface area contributed by atoms with Gasteiger partial charge in [0.25, 0.3) is 0 Å². The topological polar surface area (TPSA) is 4.41 Å². The lowest BCUT2D eigenvalue weighted by Crippen LogP contribution is -1.82. The Morgan fingerprint density at radius 3 is 2.59 bits per heavy atom. The van der Waals surface area contributed by atoms with Crippen LogP contribution in [0.1, 0.15) is 11.1 Å². The van der Waals surface area contributed by atoms with E-state index in [0.717, 1.165) is 0 Å². The van der Waals surface area contributed by atoms with Crippen LogP contribution in [-0.4, -0.2) is 4.40 Å². The minimum atomic E-state index is 1.24. The van der Waals surface area contributed by atoms with Crippen LogP contribution in [0.4, 0.5) is 0 Å². The lowest BCUT2D eigenvalue weighted by Gasteiger charge is -2.04. The van der Waals surface area contributed by atoms with E-state index in [1.165, 1.54) is 27.8 Å². The largest absolute Gasteiger partial charge is 0.323 e. The van der Waals surface area contributed by atoms with E-state index in [2.05, 4.69) is 73.1 Å². The van der Waals surface area contributed by atoms with Gasteiger partial charge in [0.15, 0.2) is 0 Å². The zero-order valence-electron chi connectivity index (χ0n) is 10.1. The van der Waals surface area contributed by atoms with Gasteiger partial charge in [0.2, 0.25) is 0 Å². The first-order valence-corrected chi connectivity index (χ1v) is 5.88. The quantitative estimate of drug-likeness (QED) is 0.579. The summed E-state index contributed by atoms with van der Waals surface area (Å²) < 4.78 is 2.16. The maximum Gasteiger partial charge on any atom is 0.0456 e. The molecule has 1 heteroatoms. The van der Waals surface area contributed by atoms with Gasteiger partial charge in [-0.05, 0) is 43.2 Å². The molecule has 1 aromatic carbocycles. The summed E-state index contributed by atoms with van der Waals surface area (Å²) in [6.07, 6.45) is 4.27. The van der Waals surface area contributed by atoms with E-state index in [0.29, 0.717) is 0 Å². The Labute approximate surface area is 101 Å². The summed E-state index contributed by atoms with van der Waals surface area (Å²) in [7, 11) is 0. The minimum absolute atomic E-state index is 1.24. The van der Waals surface area contributed by atoms with Gasteiger partial charge in [0.05, 0.1) is 0 Å². The molecule has 0 aliphatic heterocycles. The molecular formula is C16H15N. The van der Waals surface area contributed by atoms with Gasteiger partial charge < -0.3 is 4.40 Å². The second-order valence-corrected chi connectivity index (χ2v) is 4.58. The third kappa shape index (κ3) is 1.74. The molecule has 0 N–H and O–H groups in total. The monoisotopic (exact) mass is 221 g/mol. The van der Waals surface area contributed by atoms with Gasteiger partial charge >= 0.3 is 0 Å². The Bertz CT molecular complexity index is 644. The van der Waals surface area contributed by atoms with E-state index in [1.807, 2.05) is 0 Å². The molecule has 0 unspecified atom stereocenters. The van der Waals surface area contributed by atoms with Gasteiger partial charge in [-0.15, -0.1) is 0 Å². The predicted octanol–water partition coefficient (Wildman–Crippen LogP) is 4.22. The van der Waals surface area contributed by atoms with Crippen LogP contribution in [0.5, 0.6) is 0 Å². The van der Waals surface area contributed by atoms with E-state index in [-0.39, 0.29) is 0 Å². The zero-order valence-corrected chi connectivity index (χ0v) is 10.1. The molecule has 0 spiro atoms. The van der Waals surface area contributed by atoms with Gasteiger partial charge in [-0.25, -0.2) is 0 Å². The average molecular weight is 221 g/mol. The van der Waals surface area contributed by atoms with Gasteiger partial charge in [0.1, 0.15) is 0 Å². The summed E-state index contributed by atoms with van der Waals surface area (Å²) in [5.74, 6) is 0. The molecule has 0 aliphatic rings. The Morgan fingerprint density at radius 2 is 1.82 bits per heavy atom. The molecule has 0 radical (unpaired) electrons. The van der Waals surface area contributed by atoms with Crippen molar-refractivity contribution in [2.24, 2.45) is 0 Å². The first kappa shape index (κ1) is 10.2. The SMILES string of the molecule is Cc1ccc(-c2cc3ccccn3c2)c(C)c1. The van der Waals surface area contributed by atoms with Crippen molar-refractivity contribution in [3.63, 3.8) is 0 Å². The highest BCUT2D eigenvalue weighted by Crippen LogP contribution is 2.26. The van der Waals surface area contributed by atoms with Crippen molar-refractivity contribution in [1.29, 1.82) is 0 Å². The smallest absolute Gasteiger partial charge is 0.0456 e. The van der Waals surface area contributed by atoms with Crippen molar-refractivity contribution < 1.29 is 0 Å². The summed E-state index contributed by atoms with van der Waals surface area (Å²) in [4.78, 5) is 0. The number of benzene rings is 1. The number of hydrogen-bond donors (Lipinski definition) is 0. The number of hydrogen-bond acceptors (Lipinski definition) is 0. The van der Waals surface area contributed by atoms with Crippen LogP contribution in [0.15, 0.2) is 54.9 Å². The normalized spacial score (nSPS) is 10.9. The standard InChI is InChI=1S/C16H15N/c1-12-6-7-16(13(2)9-12)14-10-15-5-3-4-8-17(15)11-14/h3-11H,1-2H3. The zero-order chi connectivity index (χ0) is 11.8. The predicted molar refractivity (Wildman–Crippen MR) is 72.3 cm³/mol. The van der Waals surface area contributed by atoms with E-state index in [4.69, 9.17) is 0 Å². The molecule has 2 heterocycles. The summed E-state index contributed by atoms with van der Waals surface area (Å²) in [5.41, 5.74) is 6.49. The fourth-order valence-electron chi connectivity index (χ4n) is 2.34. The van der Waals surface area contributed by atoms with Crippen molar-refractivity contribution in [3.05, 3.63) is 66.0 Å². The summed E-state index contributed by atoms with van der Waals surface area (Å²) >= 11 is 0. The number of rotatable bonds is 1. The summed E-state index contributed by atoms with van der Waals surface area (Å²) in [5, 5.41) is 0. The lowest BCUT2D eigenvalue weighted by atomic mass is 10.0. The maximum atomic E-state index is 2.23. The van der Waals surface area contributed by atoms with Crippen molar-refractivity contribution in [3.8, 4) is 11.1 Å². The Kier molecular flexibility index (Phi) is 2.25. The van der Waals surface area contributed by atoms with E-state index >= 15 is 0 Å². The van der Waals surface area contributed by atoms with Gasteiger partial charge in [-0.1, -0.05) is 29.8 Å². The second-order valence-electron chi connectivity index (χ2n) is 4.58. The first-order valence-electron chi connectivity index (χ1n) is 5.88. The van der Waals surface area contributed by atoms with E-state index < -0.39 is 0 Å². The van der Waals surface area contributed by atoms with Crippen molar-refractivity contribution in [1.82, 2.24) is 4.40 Å². The third-order valence-electron chi connectivity index (χ3n) is 3.20. The number of fused-ring (bicyclic) bond motifs is 1. The van der Waals surface area contributed by atoms with Crippen LogP contribution in [0.2, 0.25) is 0 Å². The Morgan fingerprint density at radius 1 is 0.941 bits per heavy atom. The molecule has 84 valence electrons. The number of aromatic nitrogens is 1. The van der Waals surface area contributed by atoms with Gasteiger partial charge in [-0.3, -0.25) is 0 Å². The first-order chi connectivity index (χ1) is 8.24. The highest BCUT2D eigenvalue weighted by molar-refractivity contribution is 5.72. The number of pyridine rings is 1. The van der Waals surface area contributed by atoms with E-state index in [9.17, 15) is 0 Å². The fourth-order valence-corrected chi connectivity index (χ4v) is 2.34. The van der Waals surface area contributed by atoms with Crippen molar-refractivity contribution in [2.45, 2.75) is 13.8 Å². The average Bonchev–Trinajstić information content (AvgIpc) is 2.72. The van der Waals surface area contributed by atoms with Crippen molar-refractivity contribution in [2.75, 3.05) is 0 Å². The molecule has 1 nitrogen and oxygen atoms in total. The minimum Gasteiger partial charge on any atom is -0.323 e. The third-order valence-corrected chi connectivity index (χ3v) is 3.20. The van der Waals surface area contributed by atoms with Gasteiger partial charge in [0, 0.05) is 23.5 Å². The van der Waals surface area contributed by atoms with E-state index in [1.54, 1.807) is 0 Å². The van der Waals surface area contributed by atoms with Crippen LogP contribution in [0, 0.1) is 13.8 Å².